The number of anilines is 1. The molecule has 0 atom stereocenters. The Morgan fingerprint density at radius 1 is 0.972 bits per heavy atom. The molecule has 0 spiro atoms. The number of nitrogens with one attached hydrogen (secondary N) is 1. The van der Waals surface area contributed by atoms with Crippen LogP contribution in [-0.2, 0) is 19.7 Å². The lowest BCUT2D eigenvalue weighted by Gasteiger charge is -2.26. The number of urea groups is 1. The molecule has 1 heterocycles. The van der Waals surface area contributed by atoms with Crippen LogP contribution in [0.25, 0.3) is 6.08 Å². The fourth-order valence-electron chi connectivity index (χ4n) is 3.27. The van der Waals surface area contributed by atoms with Crippen molar-refractivity contribution in [3.63, 3.8) is 0 Å². The Bertz CT molecular complexity index is 1540. The van der Waals surface area contributed by atoms with E-state index in [4.69, 9.17) is 15.8 Å². The molecule has 3 aromatic rings. The van der Waals surface area contributed by atoms with E-state index in [1.54, 1.807) is 37.3 Å². The van der Waals surface area contributed by atoms with Gasteiger partial charge in [0.2, 0.25) is 0 Å². The van der Waals surface area contributed by atoms with E-state index in [-0.39, 0.29) is 30.9 Å². The Morgan fingerprint density at radius 3 is 2.22 bits per heavy atom. The highest BCUT2D eigenvalue weighted by Crippen LogP contribution is 2.37. The first kappa shape index (κ1) is 26.1. The van der Waals surface area contributed by atoms with Crippen molar-refractivity contribution in [3.05, 3.63) is 91.3 Å². The van der Waals surface area contributed by atoms with E-state index in [0.717, 1.165) is 10.5 Å². The number of imide groups is 2. The molecule has 1 aliphatic heterocycles. The lowest BCUT2D eigenvalue weighted by atomic mass is 10.1. The van der Waals surface area contributed by atoms with E-state index in [0.29, 0.717) is 10.6 Å². The largest absolute Gasteiger partial charge is 0.377 e. The summed E-state index contributed by atoms with van der Waals surface area (Å²) in [5, 5.41) is 2.49. The van der Waals surface area contributed by atoms with Crippen LogP contribution in [0.1, 0.15) is 11.1 Å². The van der Waals surface area contributed by atoms with Crippen LogP contribution in [0.15, 0.2) is 80.1 Å². The van der Waals surface area contributed by atoms with Gasteiger partial charge in [0.05, 0.1) is 14.6 Å². The van der Waals surface area contributed by atoms with Gasteiger partial charge in [0.15, 0.2) is 5.75 Å². The monoisotopic (exact) mass is 652 g/mol. The topological polar surface area (TPSA) is 110 Å². The van der Waals surface area contributed by atoms with Crippen molar-refractivity contribution in [2.45, 2.75) is 11.8 Å². The molecule has 0 aliphatic carbocycles. The number of halogens is 3. The summed E-state index contributed by atoms with van der Waals surface area (Å²) < 4.78 is 31.0. The van der Waals surface area contributed by atoms with Gasteiger partial charge < -0.3 is 4.18 Å². The second-order valence-corrected chi connectivity index (χ2v) is 11.2. The van der Waals surface area contributed by atoms with Crippen molar-refractivity contribution in [1.29, 1.82) is 0 Å². The Morgan fingerprint density at radius 2 is 1.61 bits per heavy atom. The highest BCUT2D eigenvalue weighted by Gasteiger charge is 2.37. The van der Waals surface area contributed by atoms with Crippen molar-refractivity contribution in [1.82, 2.24) is 5.32 Å². The zero-order valence-corrected chi connectivity index (χ0v) is 23.0. The van der Waals surface area contributed by atoms with E-state index in [1.807, 2.05) is 0 Å². The number of carbonyl (C=O) groups excluding carboxylic acids is 3. The first-order valence-corrected chi connectivity index (χ1v) is 13.5. The van der Waals surface area contributed by atoms with Gasteiger partial charge in [-0.05, 0) is 92.4 Å². The summed E-state index contributed by atoms with van der Waals surface area (Å²) in [5.41, 5.74) is 0.996. The van der Waals surface area contributed by atoms with Crippen LogP contribution in [0.3, 0.4) is 0 Å². The summed E-state index contributed by atoms with van der Waals surface area (Å²) >= 11 is 12.7. The molecule has 36 heavy (non-hydrogen) atoms. The molecular weight excluding hydrogens is 640 g/mol. The van der Waals surface area contributed by atoms with Crippen LogP contribution in [0.2, 0.25) is 5.02 Å². The van der Waals surface area contributed by atoms with Gasteiger partial charge in [0, 0.05) is 5.02 Å². The summed E-state index contributed by atoms with van der Waals surface area (Å²) in [6, 6.07) is 14.3. The molecule has 184 valence electrons. The third-order valence-electron chi connectivity index (χ3n) is 5.07. The molecule has 8 nitrogen and oxygen atoms in total. The summed E-state index contributed by atoms with van der Waals surface area (Å²) in [4.78, 5) is 38.8. The van der Waals surface area contributed by atoms with E-state index in [9.17, 15) is 22.8 Å². The van der Waals surface area contributed by atoms with E-state index in [2.05, 4.69) is 37.2 Å². The zero-order chi connectivity index (χ0) is 26.2. The molecule has 12 heteroatoms. The number of carbonyl (C=O) groups is 3. The fourth-order valence-corrected chi connectivity index (χ4v) is 6.03. The van der Waals surface area contributed by atoms with E-state index in [1.165, 1.54) is 36.4 Å². The molecule has 0 saturated carbocycles. The second kappa shape index (κ2) is 10.2. The van der Waals surface area contributed by atoms with Gasteiger partial charge in [-0.15, -0.1) is 0 Å². The average Bonchev–Trinajstić information content (AvgIpc) is 2.82. The summed E-state index contributed by atoms with van der Waals surface area (Å²) in [6.07, 6.45) is 1.28. The highest BCUT2D eigenvalue weighted by atomic mass is 79.9. The maximum atomic E-state index is 13.1. The zero-order valence-electron chi connectivity index (χ0n) is 18.3. The van der Waals surface area contributed by atoms with Gasteiger partial charge in [-0.25, -0.2) is 9.69 Å². The van der Waals surface area contributed by atoms with Gasteiger partial charge in [0.25, 0.3) is 11.8 Å². The molecule has 4 amide bonds. The van der Waals surface area contributed by atoms with Gasteiger partial charge in [-0.2, -0.15) is 8.42 Å². The van der Waals surface area contributed by atoms with Crippen molar-refractivity contribution in [2.75, 3.05) is 4.90 Å². The Balaban J connectivity index is 1.68. The molecule has 0 aromatic heterocycles. The summed E-state index contributed by atoms with van der Waals surface area (Å²) in [7, 11) is -4.12. The molecule has 4 rings (SSSR count). The standard InChI is InChI=1S/C24H15Br2ClN2O6S/c1-13-7-8-15(12-20(13)27)29-23(31)17(22(30)28-24(29)32)9-14-10-18(25)21(19(26)11-14)35-36(33,34)16-5-3-2-4-6-16/h2-12H,1H3,(H,28,30,32)/b17-9+. The molecule has 1 aliphatic rings. The predicted molar refractivity (Wildman–Crippen MR) is 141 cm³/mol. The van der Waals surface area contributed by atoms with Crippen LogP contribution in [-0.4, -0.2) is 26.3 Å². The maximum Gasteiger partial charge on any atom is 0.339 e. The average molecular weight is 655 g/mol. The third-order valence-corrected chi connectivity index (χ3v) is 7.89. The number of amides is 4. The summed E-state index contributed by atoms with van der Waals surface area (Å²) in [6.45, 7) is 1.77. The number of aryl methyl sites for hydroxylation is 1. The number of benzene rings is 3. The van der Waals surface area contributed by atoms with Gasteiger partial charge in [-0.1, -0.05) is 35.9 Å². The van der Waals surface area contributed by atoms with Crippen LogP contribution < -0.4 is 14.4 Å². The maximum absolute atomic E-state index is 13.1. The highest BCUT2D eigenvalue weighted by molar-refractivity contribution is 9.11. The minimum absolute atomic E-state index is 0.0217. The van der Waals surface area contributed by atoms with E-state index >= 15 is 0 Å². The Hall–Kier alpha value is -2.99. The molecule has 0 radical (unpaired) electrons. The molecular formula is C24H15Br2ClN2O6S. The first-order valence-electron chi connectivity index (χ1n) is 10.1. The van der Waals surface area contributed by atoms with Crippen molar-refractivity contribution in [3.8, 4) is 5.75 Å². The Kier molecular flexibility index (Phi) is 7.37. The fraction of sp³-hybridized carbons (Fsp3) is 0.0417. The number of nitrogens with zero attached hydrogens (tertiary/aromatic N) is 1. The minimum atomic E-state index is -4.12. The van der Waals surface area contributed by atoms with Gasteiger partial charge in [0.1, 0.15) is 10.5 Å². The minimum Gasteiger partial charge on any atom is -0.377 e. The molecule has 0 unspecified atom stereocenters. The molecule has 1 saturated heterocycles. The van der Waals surface area contributed by atoms with Crippen molar-refractivity contribution >= 4 is 83.2 Å². The smallest absolute Gasteiger partial charge is 0.339 e. The molecule has 1 fully saturated rings. The lowest BCUT2D eigenvalue weighted by Crippen LogP contribution is -2.54. The normalized spacial score (nSPS) is 15.3. The van der Waals surface area contributed by atoms with Crippen LogP contribution >= 0.6 is 43.5 Å². The number of rotatable bonds is 5. The first-order chi connectivity index (χ1) is 17.0. The predicted octanol–water partition coefficient (Wildman–Crippen LogP) is 5.61. The summed E-state index contributed by atoms with van der Waals surface area (Å²) in [5.74, 6) is -1.74. The van der Waals surface area contributed by atoms with Crippen LogP contribution in [0, 0.1) is 6.92 Å². The van der Waals surface area contributed by atoms with Crippen molar-refractivity contribution < 1.29 is 27.0 Å². The van der Waals surface area contributed by atoms with Crippen LogP contribution in [0.5, 0.6) is 5.75 Å². The lowest BCUT2D eigenvalue weighted by molar-refractivity contribution is -0.122. The molecule has 3 aromatic carbocycles. The third kappa shape index (κ3) is 5.24. The van der Waals surface area contributed by atoms with Crippen molar-refractivity contribution in [2.24, 2.45) is 0 Å². The Labute approximate surface area is 228 Å². The van der Waals surface area contributed by atoms with E-state index < -0.39 is 28.0 Å². The SMILES string of the molecule is Cc1ccc(N2C(=O)NC(=O)/C(=C\c3cc(Br)c(OS(=O)(=O)c4ccccc4)c(Br)c3)C2=O)cc1Cl. The quantitative estimate of drug-likeness (QED) is 0.218. The number of hydrogen-bond acceptors (Lipinski definition) is 6. The van der Waals surface area contributed by atoms with Gasteiger partial charge >= 0.3 is 16.1 Å². The molecule has 0 bridgehead atoms. The van der Waals surface area contributed by atoms with Gasteiger partial charge in [-0.3, -0.25) is 14.9 Å². The molecule has 1 N–H and O–H groups in total. The number of barbiturate groups is 1. The number of hydrogen-bond donors (Lipinski definition) is 1. The second-order valence-electron chi connectivity index (χ2n) is 7.56. The van der Waals surface area contributed by atoms with Crippen LogP contribution in [0.4, 0.5) is 10.5 Å².